The topological polar surface area (TPSA) is 103 Å². The molecule has 0 bridgehead atoms. The molecule has 7 nitrogen and oxygen atoms in total. The lowest BCUT2D eigenvalue weighted by atomic mass is 9.82. The van der Waals surface area contributed by atoms with Gasteiger partial charge in [-0.1, -0.05) is 0 Å². The standard InChI is InChI=1S/C19H30N2O5/c1-18-5-3-11(7-14(18)25-18)16(23)20-9-13(22)10-21-17(24)12-4-6-19(2)15(8-12)26-19/h11-15,22H,3-10H2,1-2H3,(H,20,23)(H,21,24). The van der Waals surface area contributed by atoms with Crippen molar-refractivity contribution in [2.45, 2.75) is 81.9 Å². The highest BCUT2D eigenvalue weighted by molar-refractivity contribution is 5.79. The van der Waals surface area contributed by atoms with Crippen LogP contribution in [0, 0.1) is 11.8 Å². The Labute approximate surface area is 154 Å². The summed E-state index contributed by atoms with van der Waals surface area (Å²) in [6.45, 7) is 4.51. The number of fused-ring (bicyclic) bond motifs is 2. The second-order valence-electron chi connectivity index (χ2n) is 8.93. The molecular weight excluding hydrogens is 336 g/mol. The van der Waals surface area contributed by atoms with Crippen LogP contribution in [0.4, 0.5) is 0 Å². The maximum absolute atomic E-state index is 12.2. The van der Waals surface area contributed by atoms with E-state index < -0.39 is 6.10 Å². The fourth-order valence-corrected chi connectivity index (χ4v) is 4.56. The van der Waals surface area contributed by atoms with E-state index in [1.54, 1.807) is 0 Å². The molecular formula is C19H30N2O5. The highest BCUT2D eigenvalue weighted by Crippen LogP contribution is 2.50. The summed E-state index contributed by atoms with van der Waals surface area (Å²) in [5.74, 6) is -0.115. The average molecular weight is 366 g/mol. The first-order valence-electron chi connectivity index (χ1n) is 9.88. The Hall–Kier alpha value is -1.18. The summed E-state index contributed by atoms with van der Waals surface area (Å²) in [6.07, 6.45) is 4.66. The van der Waals surface area contributed by atoms with Crippen LogP contribution in [0.15, 0.2) is 0 Å². The van der Waals surface area contributed by atoms with E-state index in [4.69, 9.17) is 9.47 Å². The molecule has 7 heteroatoms. The first-order valence-corrected chi connectivity index (χ1v) is 9.88. The van der Waals surface area contributed by atoms with Crippen molar-refractivity contribution in [2.24, 2.45) is 11.8 Å². The molecule has 2 saturated carbocycles. The van der Waals surface area contributed by atoms with E-state index in [1.165, 1.54) is 0 Å². The molecule has 2 saturated heterocycles. The minimum atomic E-state index is -0.778. The van der Waals surface area contributed by atoms with Crippen molar-refractivity contribution in [1.29, 1.82) is 0 Å². The summed E-state index contributed by atoms with van der Waals surface area (Å²) in [7, 11) is 0. The van der Waals surface area contributed by atoms with Gasteiger partial charge >= 0.3 is 0 Å². The lowest BCUT2D eigenvalue weighted by Gasteiger charge is -2.23. The summed E-state index contributed by atoms with van der Waals surface area (Å²) in [4.78, 5) is 24.5. The van der Waals surface area contributed by atoms with Crippen LogP contribution in [0.2, 0.25) is 0 Å². The Kier molecular flexibility index (Phi) is 4.52. The predicted octanol–water partition coefficient (Wildman–Crippen LogP) is 0.495. The number of nitrogens with one attached hydrogen (secondary N) is 2. The first-order chi connectivity index (χ1) is 12.3. The molecule has 2 aliphatic heterocycles. The number of aliphatic hydroxyl groups excluding tert-OH is 1. The van der Waals surface area contributed by atoms with Gasteiger partial charge in [-0.25, -0.2) is 0 Å². The Morgan fingerprint density at radius 1 is 0.962 bits per heavy atom. The molecule has 0 aromatic carbocycles. The number of rotatable bonds is 6. The van der Waals surface area contributed by atoms with Gasteiger partial charge in [-0.05, 0) is 52.4 Å². The van der Waals surface area contributed by atoms with Crippen LogP contribution in [-0.2, 0) is 19.1 Å². The second kappa shape index (κ2) is 6.46. The third-order valence-corrected chi connectivity index (χ3v) is 6.81. The Morgan fingerprint density at radius 3 is 1.77 bits per heavy atom. The van der Waals surface area contributed by atoms with Crippen LogP contribution in [-0.4, -0.2) is 59.5 Å². The van der Waals surface area contributed by atoms with E-state index in [9.17, 15) is 14.7 Å². The van der Waals surface area contributed by atoms with Crippen molar-refractivity contribution in [3.05, 3.63) is 0 Å². The predicted molar refractivity (Wildman–Crippen MR) is 93.3 cm³/mol. The van der Waals surface area contributed by atoms with E-state index in [0.29, 0.717) is 0 Å². The number of hydrogen-bond acceptors (Lipinski definition) is 5. The zero-order valence-corrected chi connectivity index (χ0v) is 15.6. The van der Waals surface area contributed by atoms with Crippen molar-refractivity contribution in [1.82, 2.24) is 10.6 Å². The van der Waals surface area contributed by atoms with Crippen molar-refractivity contribution >= 4 is 11.8 Å². The first kappa shape index (κ1) is 18.2. The molecule has 0 radical (unpaired) electrons. The SMILES string of the molecule is CC12CCC(C(=O)NCC(O)CNC(=O)C3CCC4(C)OC4C3)CC1O2. The Balaban J connectivity index is 1.12. The number of amides is 2. The molecule has 4 rings (SSSR count). The molecule has 4 aliphatic rings. The summed E-state index contributed by atoms with van der Waals surface area (Å²) in [5, 5.41) is 15.7. The van der Waals surface area contributed by atoms with Gasteiger partial charge in [0.1, 0.15) is 0 Å². The third-order valence-electron chi connectivity index (χ3n) is 6.81. The van der Waals surface area contributed by atoms with Gasteiger partial charge in [0.15, 0.2) is 0 Å². The van der Waals surface area contributed by atoms with Crippen LogP contribution in [0.5, 0.6) is 0 Å². The third kappa shape index (κ3) is 3.62. The number of hydrogen-bond donors (Lipinski definition) is 3. The lowest BCUT2D eigenvalue weighted by molar-refractivity contribution is -0.126. The molecule has 4 fully saturated rings. The van der Waals surface area contributed by atoms with Crippen molar-refractivity contribution in [3.8, 4) is 0 Å². The minimum absolute atomic E-state index is 0.00262. The van der Waals surface area contributed by atoms with Gasteiger partial charge < -0.3 is 25.2 Å². The smallest absolute Gasteiger partial charge is 0.223 e. The van der Waals surface area contributed by atoms with Crippen molar-refractivity contribution in [3.63, 3.8) is 0 Å². The molecule has 2 aliphatic carbocycles. The van der Waals surface area contributed by atoms with Crippen LogP contribution in [0.25, 0.3) is 0 Å². The Bertz CT molecular complexity index is 548. The zero-order valence-electron chi connectivity index (χ0n) is 15.6. The van der Waals surface area contributed by atoms with Crippen LogP contribution < -0.4 is 10.6 Å². The van der Waals surface area contributed by atoms with Crippen LogP contribution in [0.3, 0.4) is 0 Å². The van der Waals surface area contributed by atoms with Gasteiger partial charge in [-0.15, -0.1) is 0 Å². The van der Waals surface area contributed by atoms with Crippen LogP contribution in [0.1, 0.15) is 52.4 Å². The largest absolute Gasteiger partial charge is 0.389 e. The maximum Gasteiger partial charge on any atom is 0.223 e. The van der Waals surface area contributed by atoms with Gasteiger partial charge in [-0.2, -0.15) is 0 Å². The number of carbonyl (C=O) groups excluding carboxylic acids is 2. The normalized spacial score (nSPS) is 44.3. The Morgan fingerprint density at radius 2 is 1.38 bits per heavy atom. The van der Waals surface area contributed by atoms with E-state index >= 15 is 0 Å². The number of carbonyl (C=O) groups is 2. The molecule has 6 unspecified atom stereocenters. The van der Waals surface area contributed by atoms with Crippen molar-refractivity contribution in [2.75, 3.05) is 13.1 Å². The number of ether oxygens (including phenoxy) is 2. The van der Waals surface area contributed by atoms with Gasteiger partial charge in [0.25, 0.3) is 0 Å². The van der Waals surface area contributed by atoms with Crippen molar-refractivity contribution < 1.29 is 24.2 Å². The molecule has 0 aromatic heterocycles. The highest BCUT2D eigenvalue weighted by Gasteiger charge is 2.57. The maximum atomic E-state index is 12.2. The molecule has 146 valence electrons. The summed E-state index contributed by atoms with van der Waals surface area (Å²) < 4.78 is 11.2. The highest BCUT2D eigenvalue weighted by atomic mass is 16.6. The van der Waals surface area contributed by atoms with Gasteiger partial charge in [0, 0.05) is 24.9 Å². The summed E-state index contributed by atoms with van der Waals surface area (Å²) in [5.41, 5.74) is 0.00523. The number of epoxide rings is 2. The average Bonchev–Trinajstić information content (AvgIpc) is 3.48. The fourth-order valence-electron chi connectivity index (χ4n) is 4.56. The van der Waals surface area contributed by atoms with Crippen LogP contribution >= 0.6 is 0 Å². The lowest BCUT2D eigenvalue weighted by Crippen LogP contribution is -2.44. The fraction of sp³-hybridized carbons (Fsp3) is 0.895. The molecule has 6 atom stereocenters. The molecule has 2 amide bonds. The van der Waals surface area contributed by atoms with Gasteiger partial charge in [0.2, 0.25) is 11.8 Å². The zero-order chi connectivity index (χ0) is 18.5. The van der Waals surface area contributed by atoms with Gasteiger partial charge in [0.05, 0.1) is 29.5 Å². The molecule has 3 N–H and O–H groups in total. The number of aliphatic hydroxyl groups is 1. The molecule has 0 spiro atoms. The quantitative estimate of drug-likeness (QED) is 0.594. The summed E-state index contributed by atoms with van der Waals surface area (Å²) in [6, 6.07) is 0. The molecule has 0 aromatic rings. The molecule has 26 heavy (non-hydrogen) atoms. The monoisotopic (exact) mass is 366 g/mol. The van der Waals surface area contributed by atoms with E-state index in [0.717, 1.165) is 38.5 Å². The summed E-state index contributed by atoms with van der Waals surface area (Å²) >= 11 is 0. The van der Waals surface area contributed by atoms with E-state index in [1.807, 2.05) is 0 Å². The van der Waals surface area contributed by atoms with E-state index in [2.05, 4.69) is 24.5 Å². The van der Waals surface area contributed by atoms with E-state index in [-0.39, 0.29) is 60.1 Å². The minimum Gasteiger partial charge on any atom is -0.389 e. The van der Waals surface area contributed by atoms with Gasteiger partial charge in [-0.3, -0.25) is 9.59 Å². The second-order valence-corrected chi connectivity index (χ2v) is 8.93. The molecule has 2 heterocycles.